The molecule has 4 nitrogen and oxygen atoms in total. The van der Waals surface area contributed by atoms with Gasteiger partial charge >= 0.3 is 0 Å². The number of ketones is 1. The van der Waals surface area contributed by atoms with Crippen LogP contribution in [0, 0.1) is 0 Å². The Morgan fingerprint density at radius 2 is 1.82 bits per heavy atom. The standard InChI is InChI=1S/C22H23Cl2NO3/c1-2-3-8-27-9-10-28-22-13-17(24)5-4-15(22)11-21(26)19-14-25-20-12-16(23)6-7-18(19)20/h4-7,12-14,25H,2-3,8-11H2,1H3. The van der Waals surface area contributed by atoms with Gasteiger partial charge in [0.05, 0.1) is 6.61 Å². The monoisotopic (exact) mass is 419 g/mol. The van der Waals surface area contributed by atoms with E-state index in [1.165, 1.54) is 0 Å². The molecule has 0 unspecified atom stereocenters. The third-order valence-electron chi connectivity index (χ3n) is 4.45. The first kappa shape index (κ1) is 20.7. The molecule has 1 N–H and O–H groups in total. The third kappa shape index (κ3) is 5.28. The van der Waals surface area contributed by atoms with Crippen LogP contribution in [0.5, 0.6) is 5.75 Å². The number of Topliss-reactive ketones (excluding diaryl/α,β-unsaturated/α-hetero) is 1. The average molecular weight is 420 g/mol. The van der Waals surface area contributed by atoms with Gasteiger partial charge in [0, 0.05) is 51.3 Å². The molecule has 0 saturated carbocycles. The molecule has 0 atom stereocenters. The molecule has 0 aliphatic heterocycles. The second kappa shape index (κ2) is 9.97. The highest BCUT2D eigenvalue weighted by atomic mass is 35.5. The van der Waals surface area contributed by atoms with Crippen molar-refractivity contribution in [2.24, 2.45) is 0 Å². The van der Waals surface area contributed by atoms with Gasteiger partial charge in [0.15, 0.2) is 5.78 Å². The minimum atomic E-state index is -0.0000549. The number of rotatable bonds is 10. The van der Waals surface area contributed by atoms with Gasteiger partial charge in [-0.2, -0.15) is 0 Å². The van der Waals surface area contributed by atoms with Crippen molar-refractivity contribution in [3.63, 3.8) is 0 Å². The Balaban J connectivity index is 1.69. The molecule has 3 aromatic rings. The van der Waals surface area contributed by atoms with E-state index in [0.717, 1.165) is 35.9 Å². The summed E-state index contributed by atoms with van der Waals surface area (Å²) in [7, 11) is 0. The number of halogens is 2. The molecule has 0 radical (unpaired) electrons. The molecular weight excluding hydrogens is 397 g/mol. The average Bonchev–Trinajstić information content (AvgIpc) is 3.09. The lowest BCUT2D eigenvalue weighted by Gasteiger charge is -2.12. The molecule has 2 aromatic carbocycles. The Kier molecular flexibility index (Phi) is 7.37. The van der Waals surface area contributed by atoms with E-state index in [9.17, 15) is 4.79 Å². The fraction of sp³-hybridized carbons (Fsp3) is 0.318. The minimum Gasteiger partial charge on any atom is -0.491 e. The van der Waals surface area contributed by atoms with Crippen LogP contribution in [0.4, 0.5) is 0 Å². The zero-order chi connectivity index (χ0) is 19.9. The number of benzene rings is 2. The Morgan fingerprint density at radius 1 is 1.04 bits per heavy atom. The van der Waals surface area contributed by atoms with E-state index in [4.69, 9.17) is 32.7 Å². The third-order valence-corrected chi connectivity index (χ3v) is 4.92. The number of fused-ring (bicyclic) bond motifs is 1. The van der Waals surface area contributed by atoms with Gasteiger partial charge in [-0.3, -0.25) is 4.79 Å². The van der Waals surface area contributed by atoms with Crippen LogP contribution in [-0.4, -0.2) is 30.6 Å². The number of hydrogen-bond donors (Lipinski definition) is 1. The molecule has 28 heavy (non-hydrogen) atoms. The van der Waals surface area contributed by atoms with Crippen LogP contribution in [0.15, 0.2) is 42.6 Å². The number of carbonyl (C=O) groups is 1. The maximum Gasteiger partial charge on any atom is 0.169 e. The highest BCUT2D eigenvalue weighted by Gasteiger charge is 2.16. The van der Waals surface area contributed by atoms with Crippen molar-refractivity contribution in [2.75, 3.05) is 19.8 Å². The van der Waals surface area contributed by atoms with Crippen LogP contribution in [0.1, 0.15) is 35.7 Å². The summed E-state index contributed by atoms with van der Waals surface area (Å²) in [6, 6.07) is 10.8. The van der Waals surface area contributed by atoms with Gasteiger partial charge in [-0.1, -0.05) is 48.7 Å². The second-order valence-electron chi connectivity index (χ2n) is 6.56. The van der Waals surface area contributed by atoms with Crippen molar-refractivity contribution in [3.05, 3.63) is 63.8 Å². The van der Waals surface area contributed by atoms with E-state index < -0.39 is 0 Å². The molecule has 0 aliphatic carbocycles. The molecule has 0 saturated heterocycles. The van der Waals surface area contributed by atoms with Crippen LogP contribution in [-0.2, 0) is 11.2 Å². The van der Waals surface area contributed by atoms with E-state index in [1.807, 2.05) is 18.2 Å². The topological polar surface area (TPSA) is 51.3 Å². The van der Waals surface area contributed by atoms with E-state index >= 15 is 0 Å². The van der Waals surface area contributed by atoms with Crippen LogP contribution in [0.3, 0.4) is 0 Å². The second-order valence-corrected chi connectivity index (χ2v) is 7.43. The summed E-state index contributed by atoms with van der Waals surface area (Å²) in [5, 5.41) is 2.05. The molecule has 0 spiro atoms. The molecule has 6 heteroatoms. The van der Waals surface area contributed by atoms with Gasteiger partial charge in [0.1, 0.15) is 12.4 Å². The van der Waals surface area contributed by atoms with Crippen LogP contribution >= 0.6 is 23.2 Å². The van der Waals surface area contributed by atoms with Gasteiger partial charge in [0.2, 0.25) is 0 Å². The Bertz CT molecular complexity index is 952. The van der Waals surface area contributed by atoms with Gasteiger partial charge in [-0.05, 0) is 30.7 Å². The Hall–Kier alpha value is -2.01. The summed E-state index contributed by atoms with van der Waals surface area (Å²) in [4.78, 5) is 16.0. The van der Waals surface area contributed by atoms with E-state index in [2.05, 4.69) is 11.9 Å². The van der Waals surface area contributed by atoms with E-state index in [-0.39, 0.29) is 12.2 Å². The molecule has 1 aromatic heterocycles. The number of ether oxygens (including phenoxy) is 2. The lowest BCUT2D eigenvalue weighted by molar-refractivity contribution is 0.0964. The highest BCUT2D eigenvalue weighted by Crippen LogP contribution is 2.27. The maximum absolute atomic E-state index is 12.9. The molecular formula is C22H23Cl2NO3. The van der Waals surface area contributed by atoms with Crippen LogP contribution < -0.4 is 4.74 Å². The molecule has 0 bridgehead atoms. The minimum absolute atomic E-state index is 0.0000549. The number of carbonyl (C=O) groups excluding carboxylic acids is 1. The van der Waals surface area contributed by atoms with Crippen molar-refractivity contribution in [1.29, 1.82) is 0 Å². The SMILES string of the molecule is CCCCOCCOc1cc(Cl)ccc1CC(=O)c1c[nH]c2cc(Cl)ccc12. The van der Waals surface area contributed by atoms with Crippen LogP contribution in [0.2, 0.25) is 10.0 Å². The fourth-order valence-electron chi connectivity index (χ4n) is 2.97. The Labute approximate surface area is 174 Å². The first-order valence-electron chi connectivity index (χ1n) is 9.37. The maximum atomic E-state index is 12.9. The van der Waals surface area contributed by atoms with Gasteiger partial charge in [0.25, 0.3) is 0 Å². The molecule has 3 rings (SSSR count). The van der Waals surface area contributed by atoms with Crippen molar-refractivity contribution in [1.82, 2.24) is 4.98 Å². The van der Waals surface area contributed by atoms with Crippen LogP contribution in [0.25, 0.3) is 10.9 Å². The van der Waals surface area contributed by atoms with Crippen molar-refractivity contribution in [3.8, 4) is 5.75 Å². The van der Waals surface area contributed by atoms with Crippen molar-refractivity contribution in [2.45, 2.75) is 26.2 Å². The van der Waals surface area contributed by atoms with E-state index in [0.29, 0.717) is 34.6 Å². The summed E-state index contributed by atoms with van der Waals surface area (Å²) in [6.07, 6.45) is 4.08. The quantitative estimate of drug-likeness (QED) is 0.319. The summed E-state index contributed by atoms with van der Waals surface area (Å²) < 4.78 is 11.4. The smallest absolute Gasteiger partial charge is 0.169 e. The molecule has 0 fully saturated rings. The van der Waals surface area contributed by atoms with Crippen molar-refractivity contribution < 1.29 is 14.3 Å². The normalized spacial score (nSPS) is 11.1. The summed E-state index contributed by atoms with van der Waals surface area (Å²) in [5.41, 5.74) is 2.27. The number of H-pyrrole nitrogens is 1. The number of aromatic nitrogens is 1. The summed E-state index contributed by atoms with van der Waals surface area (Å²) in [5.74, 6) is 0.614. The zero-order valence-corrected chi connectivity index (χ0v) is 17.3. The largest absolute Gasteiger partial charge is 0.491 e. The number of unbranched alkanes of at least 4 members (excludes halogenated alkanes) is 1. The molecule has 0 amide bonds. The predicted molar refractivity (Wildman–Crippen MR) is 114 cm³/mol. The van der Waals surface area contributed by atoms with Gasteiger partial charge < -0.3 is 14.5 Å². The summed E-state index contributed by atoms with van der Waals surface area (Å²) >= 11 is 12.1. The lowest BCUT2D eigenvalue weighted by Crippen LogP contribution is -2.10. The Morgan fingerprint density at radius 3 is 2.64 bits per heavy atom. The van der Waals surface area contributed by atoms with Gasteiger partial charge in [-0.25, -0.2) is 0 Å². The number of hydrogen-bond acceptors (Lipinski definition) is 3. The van der Waals surface area contributed by atoms with E-state index in [1.54, 1.807) is 24.4 Å². The molecule has 0 aliphatic rings. The number of aromatic amines is 1. The first-order chi connectivity index (χ1) is 13.6. The summed E-state index contributed by atoms with van der Waals surface area (Å²) in [6.45, 7) is 3.77. The molecule has 148 valence electrons. The zero-order valence-electron chi connectivity index (χ0n) is 15.8. The molecule has 1 heterocycles. The first-order valence-corrected chi connectivity index (χ1v) is 10.1. The van der Waals surface area contributed by atoms with Crippen molar-refractivity contribution >= 4 is 39.9 Å². The lowest BCUT2D eigenvalue weighted by atomic mass is 10.0. The van der Waals surface area contributed by atoms with Gasteiger partial charge in [-0.15, -0.1) is 0 Å². The fourth-order valence-corrected chi connectivity index (χ4v) is 3.30. The predicted octanol–water partition coefficient (Wildman–Crippen LogP) is 6.10. The number of nitrogens with one attached hydrogen (secondary N) is 1. The highest BCUT2D eigenvalue weighted by molar-refractivity contribution is 6.31.